The lowest BCUT2D eigenvalue weighted by molar-refractivity contribution is -0.124. The zero-order chi connectivity index (χ0) is 14.3. The number of carbonyl (C=O) groups excluding carboxylic acids is 2. The number of ether oxygens (including phenoxy) is 1. The van der Waals surface area contributed by atoms with E-state index in [4.69, 9.17) is 10.5 Å². The number of anilines is 1. The number of hydrogen-bond acceptors (Lipinski definition) is 4. The molecule has 0 saturated heterocycles. The maximum absolute atomic E-state index is 13.4. The Morgan fingerprint density at radius 3 is 2.79 bits per heavy atom. The molecule has 3 N–H and O–H groups in total. The SMILES string of the molecule is CCCCNC(=O)COC(=O)c1ccc(N)cc1F. The summed E-state index contributed by atoms with van der Waals surface area (Å²) in [6.45, 7) is 2.10. The number of nitrogens with two attached hydrogens (primary N) is 1. The van der Waals surface area contributed by atoms with Crippen LogP contribution in [0.4, 0.5) is 10.1 Å². The van der Waals surface area contributed by atoms with E-state index in [0.29, 0.717) is 6.54 Å². The van der Waals surface area contributed by atoms with E-state index < -0.39 is 24.3 Å². The summed E-state index contributed by atoms with van der Waals surface area (Å²) in [5.74, 6) is -2.06. The molecule has 1 aromatic carbocycles. The minimum Gasteiger partial charge on any atom is -0.452 e. The first-order valence-corrected chi connectivity index (χ1v) is 6.03. The van der Waals surface area contributed by atoms with Gasteiger partial charge in [-0.2, -0.15) is 0 Å². The minimum absolute atomic E-state index is 0.214. The molecule has 0 aliphatic carbocycles. The van der Waals surface area contributed by atoms with Gasteiger partial charge in [-0.15, -0.1) is 0 Å². The highest BCUT2D eigenvalue weighted by molar-refractivity contribution is 5.91. The Hall–Kier alpha value is -2.11. The molecule has 0 fully saturated rings. The summed E-state index contributed by atoms with van der Waals surface area (Å²) in [5.41, 5.74) is 5.34. The van der Waals surface area contributed by atoms with Crippen LogP contribution in [0, 0.1) is 5.82 Å². The Bertz CT molecular complexity index is 463. The molecule has 5 nitrogen and oxygen atoms in total. The number of hydrogen-bond donors (Lipinski definition) is 2. The number of unbranched alkanes of at least 4 members (excludes halogenated alkanes) is 1. The number of benzene rings is 1. The summed E-state index contributed by atoms with van der Waals surface area (Å²) < 4.78 is 18.1. The van der Waals surface area contributed by atoms with E-state index in [1.807, 2.05) is 6.92 Å². The fraction of sp³-hybridized carbons (Fsp3) is 0.385. The summed E-state index contributed by atoms with van der Waals surface area (Å²) in [7, 11) is 0. The van der Waals surface area contributed by atoms with Crippen molar-refractivity contribution in [2.75, 3.05) is 18.9 Å². The zero-order valence-electron chi connectivity index (χ0n) is 10.7. The molecule has 0 spiro atoms. The van der Waals surface area contributed by atoms with E-state index in [9.17, 15) is 14.0 Å². The van der Waals surface area contributed by atoms with Crippen LogP contribution in [0.15, 0.2) is 18.2 Å². The van der Waals surface area contributed by atoms with E-state index in [1.165, 1.54) is 12.1 Å². The van der Waals surface area contributed by atoms with Crippen LogP contribution in [0.1, 0.15) is 30.1 Å². The van der Waals surface area contributed by atoms with Gasteiger partial charge in [0.05, 0.1) is 5.56 Å². The first-order chi connectivity index (χ1) is 9.04. The highest BCUT2D eigenvalue weighted by atomic mass is 19.1. The number of amides is 1. The summed E-state index contributed by atoms with van der Waals surface area (Å²) in [6, 6.07) is 3.64. The van der Waals surface area contributed by atoms with Gasteiger partial charge in [0.15, 0.2) is 6.61 Å². The zero-order valence-corrected chi connectivity index (χ0v) is 10.7. The predicted molar refractivity (Wildman–Crippen MR) is 69.0 cm³/mol. The van der Waals surface area contributed by atoms with Crippen molar-refractivity contribution >= 4 is 17.6 Å². The predicted octanol–water partition coefficient (Wildman–Crippen LogP) is 1.48. The van der Waals surface area contributed by atoms with E-state index >= 15 is 0 Å². The third kappa shape index (κ3) is 4.95. The van der Waals surface area contributed by atoms with Crippen molar-refractivity contribution in [3.05, 3.63) is 29.6 Å². The first kappa shape index (κ1) is 14.9. The second-order valence-corrected chi connectivity index (χ2v) is 4.02. The normalized spacial score (nSPS) is 10.0. The molecule has 1 rings (SSSR count). The maximum Gasteiger partial charge on any atom is 0.341 e. The Labute approximate surface area is 110 Å². The van der Waals surface area contributed by atoms with Crippen LogP contribution in [0.5, 0.6) is 0 Å². The molecule has 0 aliphatic heterocycles. The van der Waals surface area contributed by atoms with Crippen LogP contribution in [-0.2, 0) is 9.53 Å². The van der Waals surface area contributed by atoms with Crippen LogP contribution in [0.3, 0.4) is 0 Å². The fourth-order valence-electron chi connectivity index (χ4n) is 1.36. The highest BCUT2D eigenvalue weighted by Gasteiger charge is 2.14. The molecule has 0 aromatic heterocycles. The monoisotopic (exact) mass is 268 g/mol. The molecule has 6 heteroatoms. The number of halogens is 1. The van der Waals surface area contributed by atoms with Crippen LogP contribution in [0.25, 0.3) is 0 Å². The molecule has 1 aromatic rings. The molecule has 0 bridgehead atoms. The Morgan fingerprint density at radius 1 is 1.42 bits per heavy atom. The minimum atomic E-state index is -0.886. The summed E-state index contributed by atoms with van der Waals surface area (Å²) in [5, 5.41) is 2.58. The second-order valence-electron chi connectivity index (χ2n) is 4.02. The van der Waals surface area contributed by atoms with Gasteiger partial charge < -0.3 is 15.8 Å². The third-order valence-corrected chi connectivity index (χ3v) is 2.40. The van der Waals surface area contributed by atoms with Gasteiger partial charge in [0.1, 0.15) is 5.82 Å². The van der Waals surface area contributed by atoms with Crippen molar-refractivity contribution in [1.29, 1.82) is 0 Å². The smallest absolute Gasteiger partial charge is 0.341 e. The van der Waals surface area contributed by atoms with Gasteiger partial charge in [-0.25, -0.2) is 9.18 Å². The molecule has 0 aliphatic rings. The number of nitrogens with one attached hydrogen (secondary N) is 1. The summed E-state index contributed by atoms with van der Waals surface area (Å²) in [4.78, 5) is 22.8. The van der Waals surface area contributed by atoms with Crippen molar-refractivity contribution < 1.29 is 18.7 Å². The van der Waals surface area contributed by atoms with Crippen molar-refractivity contribution in [3.63, 3.8) is 0 Å². The Morgan fingerprint density at radius 2 is 2.16 bits per heavy atom. The van der Waals surface area contributed by atoms with Crippen molar-refractivity contribution in [2.24, 2.45) is 0 Å². The molecule has 104 valence electrons. The van der Waals surface area contributed by atoms with Crippen LogP contribution < -0.4 is 11.1 Å². The van der Waals surface area contributed by atoms with Gasteiger partial charge in [-0.3, -0.25) is 4.79 Å². The quantitative estimate of drug-likeness (QED) is 0.465. The average molecular weight is 268 g/mol. The standard InChI is InChI=1S/C13H17FN2O3/c1-2-3-6-16-12(17)8-19-13(18)10-5-4-9(15)7-11(10)14/h4-5,7H,2-3,6,8,15H2,1H3,(H,16,17). The lowest BCUT2D eigenvalue weighted by Crippen LogP contribution is -2.29. The number of rotatable bonds is 6. The summed E-state index contributed by atoms with van der Waals surface area (Å²) in [6.07, 6.45) is 1.81. The summed E-state index contributed by atoms with van der Waals surface area (Å²) >= 11 is 0. The molecule has 0 unspecified atom stereocenters. The largest absolute Gasteiger partial charge is 0.452 e. The Kier molecular flexibility index (Phi) is 5.78. The van der Waals surface area contributed by atoms with E-state index in [2.05, 4.69) is 5.32 Å². The van der Waals surface area contributed by atoms with Crippen LogP contribution >= 0.6 is 0 Å². The lowest BCUT2D eigenvalue weighted by Gasteiger charge is -2.07. The van der Waals surface area contributed by atoms with Gasteiger partial charge in [0, 0.05) is 12.2 Å². The van der Waals surface area contributed by atoms with Gasteiger partial charge >= 0.3 is 5.97 Å². The maximum atomic E-state index is 13.4. The topological polar surface area (TPSA) is 81.4 Å². The average Bonchev–Trinajstić information content (AvgIpc) is 2.36. The van der Waals surface area contributed by atoms with Crippen molar-refractivity contribution in [3.8, 4) is 0 Å². The molecule has 0 heterocycles. The lowest BCUT2D eigenvalue weighted by atomic mass is 10.2. The molecule has 0 saturated carbocycles. The molecule has 19 heavy (non-hydrogen) atoms. The van der Waals surface area contributed by atoms with Gasteiger partial charge in [-0.05, 0) is 24.6 Å². The molecule has 1 amide bonds. The number of esters is 1. The molecular weight excluding hydrogens is 251 g/mol. The van der Waals surface area contributed by atoms with E-state index in [-0.39, 0.29) is 11.3 Å². The van der Waals surface area contributed by atoms with Crippen LogP contribution in [0.2, 0.25) is 0 Å². The molecule has 0 radical (unpaired) electrons. The van der Waals surface area contributed by atoms with Gasteiger partial charge in [0.2, 0.25) is 0 Å². The van der Waals surface area contributed by atoms with Gasteiger partial charge in [0.25, 0.3) is 5.91 Å². The Balaban J connectivity index is 2.45. The van der Waals surface area contributed by atoms with Crippen LogP contribution in [-0.4, -0.2) is 25.0 Å². The highest BCUT2D eigenvalue weighted by Crippen LogP contribution is 2.12. The van der Waals surface area contributed by atoms with Gasteiger partial charge in [-0.1, -0.05) is 13.3 Å². The van der Waals surface area contributed by atoms with Crippen molar-refractivity contribution in [2.45, 2.75) is 19.8 Å². The molecular formula is C13H17FN2O3. The van der Waals surface area contributed by atoms with E-state index in [0.717, 1.165) is 18.9 Å². The van der Waals surface area contributed by atoms with Crippen molar-refractivity contribution in [1.82, 2.24) is 5.32 Å². The molecule has 0 atom stereocenters. The first-order valence-electron chi connectivity index (χ1n) is 6.03. The van der Waals surface area contributed by atoms with E-state index in [1.54, 1.807) is 0 Å². The number of nitrogen functional groups attached to an aromatic ring is 1. The fourth-order valence-corrected chi connectivity index (χ4v) is 1.36. The second kappa shape index (κ2) is 7.35. The number of carbonyl (C=O) groups is 2. The third-order valence-electron chi connectivity index (χ3n) is 2.40.